The highest BCUT2D eigenvalue weighted by Gasteiger charge is 2.20. The van der Waals surface area contributed by atoms with Crippen molar-refractivity contribution in [1.82, 2.24) is 4.90 Å². The first-order chi connectivity index (χ1) is 7.40. The van der Waals surface area contributed by atoms with Gasteiger partial charge in [0.1, 0.15) is 0 Å². The molecule has 0 bridgehead atoms. The van der Waals surface area contributed by atoms with Crippen LogP contribution in [0.4, 0.5) is 0 Å². The van der Waals surface area contributed by atoms with Crippen molar-refractivity contribution < 1.29 is 0 Å². The fourth-order valence-electron chi connectivity index (χ4n) is 1.75. The van der Waals surface area contributed by atoms with Gasteiger partial charge in [-0.15, -0.1) is 25.3 Å². The highest BCUT2D eigenvalue weighted by atomic mass is 32.1. The van der Waals surface area contributed by atoms with E-state index in [0.29, 0.717) is 4.20 Å². The molecule has 0 spiro atoms. The van der Waals surface area contributed by atoms with Crippen LogP contribution in [0.25, 0.3) is 0 Å². The summed E-state index contributed by atoms with van der Waals surface area (Å²) in [7, 11) is 2.05. The zero-order valence-electron chi connectivity index (χ0n) is 9.30. The average molecular weight is 290 g/mol. The molecule has 0 aromatic heterocycles. The van der Waals surface area contributed by atoms with Crippen molar-refractivity contribution in [2.75, 3.05) is 7.05 Å². The number of rotatable bonds is 4. The number of thiocarbonyl (C=S) groups is 2. The van der Waals surface area contributed by atoms with Gasteiger partial charge in [0.2, 0.25) is 0 Å². The van der Waals surface area contributed by atoms with Gasteiger partial charge in [-0.2, -0.15) is 0 Å². The Kier molecular flexibility index (Phi) is 5.50. The van der Waals surface area contributed by atoms with E-state index in [0.717, 1.165) is 17.0 Å². The summed E-state index contributed by atoms with van der Waals surface area (Å²) in [6.45, 7) is 2.09. The van der Waals surface area contributed by atoms with Crippen molar-refractivity contribution in [3.63, 3.8) is 0 Å². The zero-order valence-corrected chi connectivity index (χ0v) is 12.7. The molecule has 1 nitrogen and oxygen atoms in total. The van der Waals surface area contributed by atoms with Gasteiger partial charge in [-0.1, -0.05) is 36.1 Å². The van der Waals surface area contributed by atoms with E-state index in [1.807, 2.05) is 0 Å². The van der Waals surface area contributed by atoms with Crippen molar-refractivity contribution in [2.24, 2.45) is 0 Å². The molecule has 0 N–H and O–H groups in total. The summed E-state index contributed by atoms with van der Waals surface area (Å²) in [5.41, 5.74) is 2.43. The maximum atomic E-state index is 5.04. The number of nitrogens with zero attached hydrogens (tertiary/aromatic N) is 1. The minimum atomic E-state index is 0.285. The fourth-order valence-corrected chi connectivity index (χ4v) is 2.41. The molecule has 16 heavy (non-hydrogen) atoms. The molecule has 0 saturated heterocycles. The molecule has 1 heterocycles. The van der Waals surface area contributed by atoms with E-state index < -0.39 is 0 Å². The number of likely N-dealkylation sites (N-methyl/N-ethyl adjacent to an activating group) is 1. The maximum absolute atomic E-state index is 5.04. The smallest absolute Gasteiger partial charge is 0.0526 e. The molecule has 0 saturated carbocycles. The van der Waals surface area contributed by atoms with Crippen LogP contribution in [0.15, 0.2) is 23.4 Å². The average Bonchev–Trinajstić information content (AvgIpc) is 2.11. The molecule has 1 aliphatic rings. The first kappa shape index (κ1) is 14.2. The Balaban J connectivity index is 2.84. The van der Waals surface area contributed by atoms with E-state index in [4.69, 9.17) is 24.4 Å². The standard InChI is InChI=1S/C11H15NS4/c1-7-3-8(5-10(13)14)12(2)9(4-7)6-11(15)16/h3-4,8H,5-6H2,1-2H3,(H,13,14)(H,15,16). The lowest BCUT2D eigenvalue weighted by Gasteiger charge is -2.33. The van der Waals surface area contributed by atoms with Gasteiger partial charge >= 0.3 is 0 Å². The molecule has 1 atom stereocenters. The predicted molar refractivity (Wildman–Crippen MR) is 85.8 cm³/mol. The molecule has 88 valence electrons. The highest BCUT2D eigenvalue weighted by Crippen LogP contribution is 2.24. The lowest BCUT2D eigenvalue weighted by molar-refractivity contribution is 0.350. The van der Waals surface area contributed by atoms with E-state index in [9.17, 15) is 0 Å². The van der Waals surface area contributed by atoms with Gasteiger partial charge in [0.25, 0.3) is 0 Å². The summed E-state index contributed by atoms with van der Waals surface area (Å²) in [5, 5.41) is 0. The largest absolute Gasteiger partial charge is 0.371 e. The van der Waals surface area contributed by atoms with Crippen LogP contribution in [0.5, 0.6) is 0 Å². The Morgan fingerprint density at radius 2 is 2.00 bits per heavy atom. The summed E-state index contributed by atoms with van der Waals surface area (Å²) < 4.78 is 1.44. The first-order valence-corrected chi connectivity index (χ1v) is 6.66. The Bertz CT molecular complexity index is 370. The van der Waals surface area contributed by atoms with Crippen LogP contribution in [0, 0.1) is 0 Å². The van der Waals surface area contributed by atoms with Crippen molar-refractivity contribution >= 4 is 58.1 Å². The monoisotopic (exact) mass is 289 g/mol. The lowest BCUT2D eigenvalue weighted by Crippen LogP contribution is -2.33. The Morgan fingerprint density at radius 1 is 1.38 bits per heavy atom. The predicted octanol–water partition coefficient (Wildman–Crippen LogP) is 3.43. The second-order valence-corrected chi connectivity index (χ2v) is 6.56. The summed E-state index contributed by atoms with van der Waals surface area (Å²) >= 11 is 18.4. The van der Waals surface area contributed by atoms with Crippen LogP contribution in [0.3, 0.4) is 0 Å². The van der Waals surface area contributed by atoms with Crippen molar-refractivity contribution in [1.29, 1.82) is 0 Å². The van der Waals surface area contributed by atoms with Gasteiger partial charge in [-0.05, 0) is 13.0 Å². The second kappa shape index (κ2) is 6.19. The first-order valence-electron chi connectivity index (χ1n) is 4.95. The molecule has 0 fully saturated rings. The third-order valence-corrected chi connectivity index (χ3v) is 3.17. The molecule has 5 heteroatoms. The number of hydrogen-bond acceptors (Lipinski definition) is 3. The molecule has 0 radical (unpaired) electrons. The zero-order chi connectivity index (χ0) is 12.3. The summed E-state index contributed by atoms with van der Waals surface area (Å²) in [4.78, 5) is 2.19. The molecular formula is C11H15NS4. The normalized spacial score (nSPS) is 20.2. The van der Waals surface area contributed by atoms with E-state index in [1.54, 1.807) is 0 Å². The quantitative estimate of drug-likeness (QED) is 0.603. The Morgan fingerprint density at radius 3 is 2.50 bits per heavy atom. The summed E-state index contributed by atoms with van der Waals surface area (Å²) in [6.07, 6.45) is 5.84. The molecule has 1 aliphatic heterocycles. The van der Waals surface area contributed by atoms with Gasteiger partial charge in [-0.3, -0.25) is 0 Å². The number of thiol groups is 2. The fraction of sp³-hybridized carbons (Fsp3) is 0.455. The molecule has 1 rings (SSSR count). The van der Waals surface area contributed by atoms with Crippen LogP contribution in [-0.2, 0) is 0 Å². The van der Waals surface area contributed by atoms with Gasteiger partial charge < -0.3 is 4.90 Å². The topological polar surface area (TPSA) is 3.24 Å². The van der Waals surface area contributed by atoms with Crippen LogP contribution in [-0.4, -0.2) is 26.4 Å². The molecule has 0 aliphatic carbocycles. The van der Waals surface area contributed by atoms with Crippen molar-refractivity contribution in [2.45, 2.75) is 25.8 Å². The Hall–Kier alpha value is 0.160. The minimum absolute atomic E-state index is 0.285. The highest BCUT2D eigenvalue weighted by molar-refractivity contribution is 8.11. The minimum Gasteiger partial charge on any atom is -0.371 e. The van der Waals surface area contributed by atoms with Crippen LogP contribution in [0.2, 0.25) is 0 Å². The third-order valence-electron chi connectivity index (χ3n) is 2.52. The van der Waals surface area contributed by atoms with Gasteiger partial charge in [0, 0.05) is 29.8 Å². The van der Waals surface area contributed by atoms with E-state index in [2.05, 4.69) is 56.3 Å². The van der Waals surface area contributed by atoms with Crippen LogP contribution >= 0.6 is 49.7 Å². The lowest BCUT2D eigenvalue weighted by atomic mass is 10.0. The second-order valence-electron chi connectivity index (χ2n) is 3.89. The number of hydrogen-bond donors (Lipinski definition) is 2. The van der Waals surface area contributed by atoms with E-state index in [1.165, 1.54) is 11.3 Å². The van der Waals surface area contributed by atoms with Gasteiger partial charge in [0.15, 0.2) is 0 Å². The number of allylic oxidation sites excluding steroid dienone is 3. The van der Waals surface area contributed by atoms with E-state index in [-0.39, 0.29) is 6.04 Å². The summed E-state index contributed by atoms with van der Waals surface area (Å²) in [5.74, 6) is 0. The van der Waals surface area contributed by atoms with E-state index >= 15 is 0 Å². The van der Waals surface area contributed by atoms with Crippen molar-refractivity contribution in [3.05, 3.63) is 23.4 Å². The Labute approximate surface area is 119 Å². The third kappa shape index (κ3) is 4.20. The molecule has 1 unspecified atom stereocenters. The van der Waals surface area contributed by atoms with Crippen molar-refractivity contribution in [3.8, 4) is 0 Å². The molecule has 0 aromatic carbocycles. The summed E-state index contributed by atoms with van der Waals surface area (Å²) in [6, 6.07) is 0.285. The molecular weight excluding hydrogens is 274 g/mol. The molecule has 0 amide bonds. The van der Waals surface area contributed by atoms with Gasteiger partial charge in [0.05, 0.1) is 10.2 Å². The maximum Gasteiger partial charge on any atom is 0.0526 e. The van der Waals surface area contributed by atoms with Gasteiger partial charge in [-0.25, -0.2) is 0 Å². The van der Waals surface area contributed by atoms with Crippen LogP contribution < -0.4 is 0 Å². The molecule has 0 aromatic rings. The SMILES string of the molecule is CC1=CC(CC(=S)S)N(C)C(CC(=S)S)=C1. The van der Waals surface area contributed by atoms with Crippen LogP contribution in [0.1, 0.15) is 19.8 Å².